The van der Waals surface area contributed by atoms with Gasteiger partial charge in [0.1, 0.15) is 0 Å². The summed E-state index contributed by atoms with van der Waals surface area (Å²) in [4.78, 5) is 12.5. The van der Waals surface area contributed by atoms with Crippen LogP contribution in [0.2, 0.25) is 0 Å². The predicted octanol–water partition coefficient (Wildman–Crippen LogP) is 22.1. The van der Waals surface area contributed by atoms with Crippen molar-refractivity contribution in [3.63, 3.8) is 0 Å². The fourth-order valence-electron chi connectivity index (χ4n) is 9.23. The van der Waals surface area contributed by atoms with Gasteiger partial charge >= 0.3 is 0 Å². The number of hydrogen-bond donors (Lipinski definition) is 3. The molecule has 0 aliphatic rings. The molecule has 0 aromatic carbocycles. The smallest absolute Gasteiger partial charge is 0.220 e. The van der Waals surface area contributed by atoms with E-state index < -0.39 is 12.1 Å². The van der Waals surface area contributed by atoms with Crippen LogP contribution in [0.1, 0.15) is 296 Å². The van der Waals surface area contributed by atoms with Crippen molar-refractivity contribution in [2.75, 3.05) is 6.61 Å². The molecule has 0 radical (unpaired) electrons. The number of rotatable bonds is 58. The molecule has 0 spiro atoms. The average molecular weight is 1050 g/mol. The Labute approximate surface area is 472 Å². The zero-order chi connectivity index (χ0) is 54.8. The van der Waals surface area contributed by atoms with Crippen LogP contribution < -0.4 is 5.32 Å². The molecule has 0 saturated carbocycles. The third-order valence-corrected chi connectivity index (χ3v) is 14.1. The van der Waals surface area contributed by atoms with Crippen molar-refractivity contribution >= 4 is 5.91 Å². The summed E-state index contributed by atoms with van der Waals surface area (Å²) in [6.07, 6.45) is 102. The van der Waals surface area contributed by atoms with E-state index in [1.165, 1.54) is 173 Å². The SMILES string of the molecule is CC/C=C\C/C=C\C/C=C\C/C=C\C/C=C\C/C=C\C/C=C\C/C=C\CCCCCCCCCCC(=O)NC(CO)C(O)/C=C/CC/C=C/CC/C=C/CCCCCCCCCCCCCCCCCCCCCCC. The molecule has 2 unspecified atom stereocenters. The second kappa shape index (κ2) is 65.8. The lowest BCUT2D eigenvalue weighted by Gasteiger charge is -2.19. The number of hydrogen-bond acceptors (Lipinski definition) is 3. The molecule has 0 bridgehead atoms. The number of amides is 1. The third kappa shape index (κ3) is 61.4. The van der Waals surface area contributed by atoms with E-state index in [1.807, 2.05) is 6.08 Å². The first-order valence-corrected chi connectivity index (χ1v) is 32.4. The van der Waals surface area contributed by atoms with Gasteiger partial charge in [0.2, 0.25) is 5.91 Å². The van der Waals surface area contributed by atoms with Gasteiger partial charge < -0.3 is 15.5 Å². The Morgan fingerprint density at radius 2 is 0.592 bits per heavy atom. The van der Waals surface area contributed by atoms with E-state index in [0.717, 1.165) is 103 Å². The summed E-state index contributed by atoms with van der Waals surface area (Å²) in [6.45, 7) is 4.19. The maximum Gasteiger partial charge on any atom is 0.220 e. The van der Waals surface area contributed by atoms with E-state index >= 15 is 0 Å². The highest BCUT2D eigenvalue weighted by atomic mass is 16.3. The third-order valence-electron chi connectivity index (χ3n) is 14.1. The molecule has 0 saturated heterocycles. The number of aliphatic hydroxyl groups excluding tert-OH is 2. The highest BCUT2D eigenvalue weighted by molar-refractivity contribution is 5.76. The summed E-state index contributed by atoms with van der Waals surface area (Å²) < 4.78 is 0. The van der Waals surface area contributed by atoms with Gasteiger partial charge in [-0.3, -0.25) is 4.79 Å². The van der Waals surface area contributed by atoms with Gasteiger partial charge in [0, 0.05) is 6.42 Å². The summed E-state index contributed by atoms with van der Waals surface area (Å²) in [6, 6.07) is -0.662. The van der Waals surface area contributed by atoms with E-state index in [0.29, 0.717) is 6.42 Å². The molecule has 4 heteroatoms. The van der Waals surface area contributed by atoms with Gasteiger partial charge in [0.25, 0.3) is 0 Å². The molecule has 0 aromatic heterocycles. The van der Waals surface area contributed by atoms with Gasteiger partial charge in [-0.25, -0.2) is 0 Å². The van der Waals surface area contributed by atoms with Crippen LogP contribution in [0.5, 0.6) is 0 Å². The highest BCUT2D eigenvalue weighted by Crippen LogP contribution is 2.16. The van der Waals surface area contributed by atoms with Crippen molar-refractivity contribution in [3.8, 4) is 0 Å². The number of nitrogens with one attached hydrogen (secondary N) is 1. The molecule has 3 N–H and O–H groups in total. The maximum absolute atomic E-state index is 12.5. The monoisotopic (exact) mass is 1050 g/mol. The minimum Gasteiger partial charge on any atom is -0.394 e. The van der Waals surface area contributed by atoms with Gasteiger partial charge in [0.05, 0.1) is 18.8 Å². The lowest BCUT2D eigenvalue weighted by Crippen LogP contribution is -2.45. The van der Waals surface area contributed by atoms with Gasteiger partial charge in [-0.05, 0) is 109 Å². The lowest BCUT2D eigenvalue weighted by atomic mass is 10.0. The maximum atomic E-state index is 12.5. The van der Waals surface area contributed by atoms with E-state index in [-0.39, 0.29) is 12.5 Å². The van der Waals surface area contributed by atoms with Crippen LogP contribution >= 0.6 is 0 Å². The normalized spacial score (nSPS) is 13.7. The summed E-state index contributed by atoms with van der Waals surface area (Å²) in [5, 5.41) is 23.2. The Hall–Kier alpha value is -3.47. The highest BCUT2D eigenvalue weighted by Gasteiger charge is 2.18. The quantitative estimate of drug-likeness (QED) is 0.0420. The first-order chi connectivity index (χ1) is 37.7. The number of carbonyl (C=O) groups excluding carboxylic acids is 1. The fourth-order valence-corrected chi connectivity index (χ4v) is 9.23. The van der Waals surface area contributed by atoms with Gasteiger partial charge in [-0.2, -0.15) is 0 Å². The minimum atomic E-state index is -0.885. The van der Waals surface area contributed by atoms with Gasteiger partial charge in [-0.1, -0.05) is 314 Å². The number of unbranched alkanes of at least 4 members (excludes halogenated alkanes) is 31. The average Bonchev–Trinajstić information content (AvgIpc) is 3.42. The molecule has 0 rings (SSSR count). The number of allylic oxidation sites excluding steroid dienone is 21. The lowest BCUT2D eigenvalue weighted by molar-refractivity contribution is -0.123. The van der Waals surface area contributed by atoms with Crippen LogP contribution in [-0.4, -0.2) is 34.9 Å². The van der Waals surface area contributed by atoms with Crippen molar-refractivity contribution in [1.29, 1.82) is 0 Å². The Balaban J connectivity index is 3.62. The second-order valence-electron chi connectivity index (χ2n) is 21.4. The second-order valence-corrected chi connectivity index (χ2v) is 21.4. The largest absolute Gasteiger partial charge is 0.394 e. The van der Waals surface area contributed by atoms with Crippen molar-refractivity contribution in [1.82, 2.24) is 5.32 Å². The molecule has 0 fully saturated rings. The number of carbonyl (C=O) groups is 1. The molecular formula is C72H123NO3. The van der Waals surface area contributed by atoms with Crippen LogP contribution in [0.25, 0.3) is 0 Å². The zero-order valence-electron chi connectivity index (χ0n) is 50.0. The van der Waals surface area contributed by atoms with E-state index in [1.54, 1.807) is 6.08 Å². The minimum absolute atomic E-state index is 0.0900. The molecule has 434 valence electrons. The molecule has 0 aromatic rings. The van der Waals surface area contributed by atoms with Crippen LogP contribution in [0, 0.1) is 0 Å². The predicted molar refractivity (Wildman–Crippen MR) is 340 cm³/mol. The number of aliphatic hydroxyl groups is 2. The van der Waals surface area contributed by atoms with E-state index in [9.17, 15) is 15.0 Å². The van der Waals surface area contributed by atoms with Crippen molar-refractivity contribution in [2.24, 2.45) is 0 Å². The fraction of sp³-hybridized carbons (Fsp3) is 0.681. The summed E-state index contributed by atoms with van der Waals surface area (Å²) in [5.41, 5.74) is 0. The zero-order valence-corrected chi connectivity index (χ0v) is 50.0. The topological polar surface area (TPSA) is 69.6 Å². The molecule has 0 aliphatic carbocycles. The Morgan fingerprint density at radius 3 is 0.921 bits per heavy atom. The molecule has 0 heterocycles. The molecule has 0 aliphatic heterocycles. The Kier molecular flexibility index (Phi) is 62.8. The summed E-state index contributed by atoms with van der Waals surface area (Å²) >= 11 is 0. The molecule has 4 nitrogen and oxygen atoms in total. The van der Waals surface area contributed by atoms with Crippen LogP contribution in [0.3, 0.4) is 0 Å². The first kappa shape index (κ1) is 72.5. The van der Waals surface area contributed by atoms with Crippen LogP contribution in [-0.2, 0) is 4.79 Å². The molecule has 1 amide bonds. The van der Waals surface area contributed by atoms with Crippen molar-refractivity contribution in [2.45, 2.75) is 309 Å². The first-order valence-electron chi connectivity index (χ1n) is 32.4. The van der Waals surface area contributed by atoms with Gasteiger partial charge in [-0.15, -0.1) is 0 Å². The van der Waals surface area contributed by atoms with E-state index in [2.05, 4.69) is 141 Å². The van der Waals surface area contributed by atoms with Gasteiger partial charge in [0.15, 0.2) is 0 Å². The summed E-state index contributed by atoms with van der Waals surface area (Å²) in [5.74, 6) is -0.0900. The Bertz CT molecular complexity index is 1520. The molecule has 2 atom stereocenters. The standard InChI is InChI=1S/C72H123NO3/c1-3-5-7-9-11-13-15-17-19-21-23-25-27-29-31-33-35-36-38-40-42-44-46-48-50-52-54-56-58-60-62-64-66-68-72(76)73-70(69-74)71(75)67-65-63-61-59-57-55-53-51-49-47-45-43-41-39-37-34-32-30-28-26-24-22-20-18-16-14-12-10-8-6-4-2/h5,7,11,13,17,19,23,25,29,31,35-36,40,42,46,48-49,51,57,59,65,67,70-71,74-75H,3-4,6,8-10,12,14-16,18,20-22,24,26-28,30,32-34,37-39,41,43-45,47,50,52-56,58,60-64,66,68-69H2,1-2H3,(H,73,76)/b7-5-,13-11-,19-17-,25-23-,31-29-,36-35-,42-40-,48-46-,51-49+,59-57+,67-65+. The van der Waals surface area contributed by atoms with E-state index in [4.69, 9.17) is 0 Å². The van der Waals surface area contributed by atoms with Crippen LogP contribution in [0.4, 0.5) is 0 Å². The Morgan fingerprint density at radius 1 is 0.329 bits per heavy atom. The van der Waals surface area contributed by atoms with Crippen molar-refractivity contribution in [3.05, 3.63) is 134 Å². The summed E-state index contributed by atoms with van der Waals surface area (Å²) in [7, 11) is 0. The van der Waals surface area contributed by atoms with Crippen molar-refractivity contribution < 1.29 is 15.0 Å². The van der Waals surface area contributed by atoms with Crippen LogP contribution in [0.15, 0.2) is 134 Å². The molecular weight excluding hydrogens is 927 g/mol. The molecule has 76 heavy (non-hydrogen) atoms.